The Morgan fingerprint density at radius 3 is 2.63 bits per heavy atom. The number of rotatable bonds is 3. The number of carbonyl (C=O) groups excluding carboxylic acids is 2. The van der Waals surface area contributed by atoms with Gasteiger partial charge in [0, 0.05) is 25.0 Å². The Balaban J connectivity index is 0.00000180. The minimum atomic E-state index is -0.216. The first-order valence-electron chi connectivity index (χ1n) is 6.92. The molecule has 0 bridgehead atoms. The first kappa shape index (κ1) is 16.2. The lowest BCUT2D eigenvalue weighted by atomic mass is 9.82. The van der Waals surface area contributed by atoms with Crippen LogP contribution in [-0.2, 0) is 9.59 Å². The quantitative estimate of drug-likeness (QED) is 0.715. The van der Waals surface area contributed by atoms with Gasteiger partial charge in [-0.3, -0.25) is 9.59 Å². The zero-order chi connectivity index (χ0) is 13.0. The molecule has 0 radical (unpaired) electrons. The number of hydrogen-bond donors (Lipinski definition) is 3. The van der Waals surface area contributed by atoms with Gasteiger partial charge in [0.2, 0.25) is 11.8 Å². The summed E-state index contributed by atoms with van der Waals surface area (Å²) in [5.74, 6) is -0.0121. The number of halogens is 1. The molecule has 1 heterocycles. The highest BCUT2D eigenvalue weighted by Crippen LogP contribution is 2.25. The second kappa shape index (κ2) is 7.10. The third-order valence-electron chi connectivity index (χ3n) is 4.10. The summed E-state index contributed by atoms with van der Waals surface area (Å²) in [4.78, 5) is 23.0. The van der Waals surface area contributed by atoms with Crippen molar-refractivity contribution in [3.05, 3.63) is 0 Å². The van der Waals surface area contributed by atoms with E-state index in [1.54, 1.807) is 0 Å². The number of amides is 2. The molecule has 1 aliphatic carbocycles. The predicted octanol–water partition coefficient (Wildman–Crippen LogP) is 0.712. The number of carbonyl (C=O) groups is 2. The zero-order valence-electron chi connectivity index (χ0n) is 11.2. The van der Waals surface area contributed by atoms with Crippen molar-refractivity contribution in [3.63, 3.8) is 0 Å². The van der Waals surface area contributed by atoms with Crippen LogP contribution < -0.4 is 16.4 Å². The van der Waals surface area contributed by atoms with E-state index in [2.05, 4.69) is 10.6 Å². The minimum Gasteiger partial charge on any atom is -0.355 e. The van der Waals surface area contributed by atoms with Gasteiger partial charge in [0.05, 0.1) is 5.92 Å². The summed E-state index contributed by atoms with van der Waals surface area (Å²) in [6.07, 6.45) is 6.66. The largest absolute Gasteiger partial charge is 0.355 e. The molecule has 1 atom stereocenters. The van der Waals surface area contributed by atoms with Gasteiger partial charge in [0.1, 0.15) is 0 Å². The number of nitrogens with one attached hydrogen (secondary N) is 2. The molecular weight excluding hydrogens is 266 g/mol. The Morgan fingerprint density at radius 2 is 2.05 bits per heavy atom. The van der Waals surface area contributed by atoms with Crippen LogP contribution in [0.1, 0.15) is 44.9 Å². The first-order chi connectivity index (χ1) is 8.59. The molecule has 2 aliphatic rings. The average molecular weight is 290 g/mol. The van der Waals surface area contributed by atoms with Crippen LogP contribution in [0.2, 0.25) is 0 Å². The highest BCUT2D eigenvalue weighted by atomic mass is 35.5. The van der Waals surface area contributed by atoms with Crippen molar-refractivity contribution < 1.29 is 9.59 Å². The van der Waals surface area contributed by atoms with E-state index in [-0.39, 0.29) is 35.7 Å². The van der Waals surface area contributed by atoms with Crippen molar-refractivity contribution in [1.82, 2.24) is 10.6 Å². The third kappa shape index (κ3) is 4.66. The second-order valence-corrected chi connectivity index (χ2v) is 5.68. The van der Waals surface area contributed by atoms with Gasteiger partial charge in [0.25, 0.3) is 0 Å². The zero-order valence-corrected chi connectivity index (χ0v) is 12.1. The van der Waals surface area contributed by atoms with Crippen LogP contribution in [0.15, 0.2) is 0 Å². The lowest BCUT2D eigenvalue weighted by Crippen LogP contribution is -2.53. The van der Waals surface area contributed by atoms with Gasteiger partial charge in [-0.25, -0.2) is 0 Å². The molecule has 1 unspecified atom stereocenters. The van der Waals surface area contributed by atoms with Crippen molar-refractivity contribution in [3.8, 4) is 0 Å². The first-order valence-corrected chi connectivity index (χ1v) is 6.92. The summed E-state index contributed by atoms with van der Waals surface area (Å²) >= 11 is 0. The van der Waals surface area contributed by atoms with E-state index in [1.807, 2.05) is 0 Å². The predicted molar refractivity (Wildman–Crippen MR) is 76.0 cm³/mol. The average Bonchev–Trinajstić information content (AvgIpc) is 2.38. The molecule has 1 saturated carbocycles. The maximum Gasteiger partial charge on any atom is 0.224 e. The molecule has 5 nitrogen and oxygen atoms in total. The highest BCUT2D eigenvalue weighted by molar-refractivity contribution is 5.85. The van der Waals surface area contributed by atoms with Crippen LogP contribution in [0.5, 0.6) is 0 Å². The summed E-state index contributed by atoms with van der Waals surface area (Å²) in [5, 5.41) is 5.69. The number of hydrogen-bond acceptors (Lipinski definition) is 3. The van der Waals surface area contributed by atoms with Crippen LogP contribution in [0, 0.1) is 5.92 Å². The fourth-order valence-corrected chi connectivity index (χ4v) is 2.80. The molecule has 2 fully saturated rings. The van der Waals surface area contributed by atoms with Crippen molar-refractivity contribution in [2.75, 3.05) is 13.1 Å². The molecule has 6 heteroatoms. The molecule has 0 spiro atoms. The standard InChI is InChI=1S/C13H23N3O2.ClH/c14-13(6-2-1-3-7-13)9-16-12(18)10-4-5-11(17)15-8-10;/h10H,1-9,14H2,(H,15,17)(H,16,18);1H. The molecule has 2 amide bonds. The molecule has 0 aromatic rings. The monoisotopic (exact) mass is 289 g/mol. The summed E-state index contributed by atoms with van der Waals surface area (Å²) in [6, 6.07) is 0. The molecule has 1 aliphatic heterocycles. The van der Waals surface area contributed by atoms with Gasteiger partial charge in [-0.1, -0.05) is 19.3 Å². The normalized spacial score (nSPS) is 25.9. The lowest BCUT2D eigenvalue weighted by Gasteiger charge is -2.34. The molecule has 1 saturated heterocycles. The van der Waals surface area contributed by atoms with Crippen molar-refractivity contribution in [1.29, 1.82) is 0 Å². The van der Waals surface area contributed by atoms with E-state index in [9.17, 15) is 9.59 Å². The molecule has 0 aromatic heterocycles. The Kier molecular flexibility index (Phi) is 6.07. The molecule has 0 aromatic carbocycles. The Morgan fingerprint density at radius 1 is 1.37 bits per heavy atom. The van der Waals surface area contributed by atoms with E-state index < -0.39 is 0 Å². The maximum absolute atomic E-state index is 12.0. The summed E-state index contributed by atoms with van der Waals surface area (Å²) in [5.41, 5.74) is 6.06. The Hall–Kier alpha value is -0.810. The molecule has 110 valence electrons. The SMILES string of the molecule is Cl.NC1(CNC(=O)C2CCC(=O)NC2)CCCCC1. The van der Waals surface area contributed by atoms with Crippen LogP contribution in [0.3, 0.4) is 0 Å². The summed E-state index contributed by atoms with van der Waals surface area (Å²) < 4.78 is 0. The fourth-order valence-electron chi connectivity index (χ4n) is 2.80. The van der Waals surface area contributed by atoms with Gasteiger partial charge in [-0.2, -0.15) is 0 Å². The van der Waals surface area contributed by atoms with Crippen molar-refractivity contribution in [2.45, 2.75) is 50.5 Å². The van der Waals surface area contributed by atoms with Gasteiger partial charge < -0.3 is 16.4 Å². The van der Waals surface area contributed by atoms with Crippen LogP contribution in [0.25, 0.3) is 0 Å². The van der Waals surface area contributed by atoms with Crippen molar-refractivity contribution >= 4 is 24.2 Å². The van der Waals surface area contributed by atoms with Crippen LogP contribution in [0.4, 0.5) is 0 Å². The summed E-state index contributed by atoms with van der Waals surface area (Å²) in [6.45, 7) is 1.03. The summed E-state index contributed by atoms with van der Waals surface area (Å²) in [7, 11) is 0. The molecular formula is C13H24ClN3O2. The van der Waals surface area contributed by atoms with E-state index in [1.165, 1.54) is 6.42 Å². The minimum absolute atomic E-state index is 0. The van der Waals surface area contributed by atoms with Gasteiger partial charge in [-0.05, 0) is 19.3 Å². The lowest BCUT2D eigenvalue weighted by molar-refractivity contribution is -0.129. The Bertz CT molecular complexity index is 320. The van der Waals surface area contributed by atoms with Crippen LogP contribution >= 0.6 is 12.4 Å². The van der Waals surface area contributed by atoms with Gasteiger partial charge >= 0.3 is 0 Å². The smallest absolute Gasteiger partial charge is 0.224 e. The highest BCUT2D eigenvalue weighted by Gasteiger charge is 2.30. The Labute approximate surface area is 120 Å². The topological polar surface area (TPSA) is 84.2 Å². The molecule has 4 N–H and O–H groups in total. The van der Waals surface area contributed by atoms with E-state index >= 15 is 0 Å². The van der Waals surface area contributed by atoms with E-state index in [0.717, 1.165) is 25.7 Å². The van der Waals surface area contributed by atoms with E-state index in [0.29, 0.717) is 25.9 Å². The maximum atomic E-state index is 12.0. The number of nitrogens with two attached hydrogens (primary N) is 1. The van der Waals surface area contributed by atoms with Gasteiger partial charge in [0.15, 0.2) is 0 Å². The van der Waals surface area contributed by atoms with Crippen molar-refractivity contribution in [2.24, 2.45) is 11.7 Å². The molecule has 19 heavy (non-hydrogen) atoms. The van der Waals surface area contributed by atoms with Crippen LogP contribution in [-0.4, -0.2) is 30.4 Å². The van der Waals surface area contributed by atoms with Gasteiger partial charge in [-0.15, -0.1) is 12.4 Å². The third-order valence-corrected chi connectivity index (χ3v) is 4.10. The molecule has 2 rings (SSSR count). The number of piperidine rings is 1. The van der Waals surface area contributed by atoms with E-state index in [4.69, 9.17) is 5.73 Å². The second-order valence-electron chi connectivity index (χ2n) is 5.68. The fraction of sp³-hybridized carbons (Fsp3) is 0.846.